The van der Waals surface area contributed by atoms with Crippen molar-refractivity contribution in [3.05, 3.63) is 35.9 Å². The first-order valence-electron chi connectivity index (χ1n) is 8.23. The first kappa shape index (κ1) is 16.4. The Bertz CT molecular complexity index is 700. The van der Waals surface area contributed by atoms with Crippen molar-refractivity contribution in [1.82, 2.24) is 20.1 Å². The van der Waals surface area contributed by atoms with Crippen molar-refractivity contribution in [2.75, 3.05) is 25.5 Å². The zero-order chi connectivity index (χ0) is 16.9. The summed E-state index contributed by atoms with van der Waals surface area (Å²) < 4.78 is 5.26. The first-order valence-corrected chi connectivity index (χ1v) is 8.23. The average Bonchev–Trinajstić information content (AvgIpc) is 3.22. The number of aromatic nitrogens is 3. The maximum atomic E-state index is 12.3. The van der Waals surface area contributed by atoms with Gasteiger partial charge in [-0.05, 0) is 38.4 Å². The van der Waals surface area contributed by atoms with Crippen molar-refractivity contribution in [1.29, 1.82) is 0 Å². The number of rotatable bonds is 6. The number of nitrogens with one attached hydrogen (secondary N) is 2. The van der Waals surface area contributed by atoms with E-state index in [0.29, 0.717) is 24.4 Å². The summed E-state index contributed by atoms with van der Waals surface area (Å²) in [4.78, 5) is 19.0. The van der Waals surface area contributed by atoms with Gasteiger partial charge in [-0.1, -0.05) is 12.1 Å². The van der Waals surface area contributed by atoms with Crippen LogP contribution in [0.5, 0.6) is 5.75 Å². The lowest BCUT2D eigenvalue weighted by Gasteiger charge is -2.21. The van der Waals surface area contributed by atoms with Gasteiger partial charge in [0, 0.05) is 13.0 Å². The molecule has 0 bridgehead atoms. The molecule has 1 saturated heterocycles. The SMILES string of the molecule is COc1ccccc1NC(=O)CCN1CCCC1c1n[nH]c(C)n1. The molecule has 3 rings (SSSR count). The van der Waals surface area contributed by atoms with E-state index in [-0.39, 0.29) is 11.9 Å². The van der Waals surface area contributed by atoms with Crippen LogP contribution in [0.15, 0.2) is 24.3 Å². The lowest BCUT2D eigenvalue weighted by atomic mass is 10.2. The van der Waals surface area contributed by atoms with Crippen molar-refractivity contribution in [2.45, 2.75) is 32.2 Å². The van der Waals surface area contributed by atoms with Gasteiger partial charge in [-0.2, -0.15) is 5.10 Å². The zero-order valence-electron chi connectivity index (χ0n) is 14.1. The van der Waals surface area contributed by atoms with Crippen LogP contribution in [0.25, 0.3) is 0 Å². The van der Waals surface area contributed by atoms with Gasteiger partial charge in [0.2, 0.25) is 5.91 Å². The molecule has 2 aromatic rings. The Labute approximate surface area is 141 Å². The van der Waals surface area contributed by atoms with Crippen LogP contribution in [-0.2, 0) is 4.79 Å². The van der Waals surface area contributed by atoms with Gasteiger partial charge in [0.15, 0.2) is 5.82 Å². The zero-order valence-corrected chi connectivity index (χ0v) is 14.1. The van der Waals surface area contributed by atoms with E-state index in [4.69, 9.17) is 4.74 Å². The summed E-state index contributed by atoms with van der Waals surface area (Å²) in [5.41, 5.74) is 0.701. The van der Waals surface area contributed by atoms with E-state index in [2.05, 4.69) is 25.4 Å². The molecule has 1 atom stereocenters. The Morgan fingerprint density at radius 1 is 1.46 bits per heavy atom. The van der Waals surface area contributed by atoms with Crippen molar-refractivity contribution in [3.8, 4) is 5.75 Å². The molecule has 2 N–H and O–H groups in total. The van der Waals surface area contributed by atoms with Crippen LogP contribution >= 0.6 is 0 Å². The van der Waals surface area contributed by atoms with Gasteiger partial charge < -0.3 is 10.1 Å². The maximum Gasteiger partial charge on any atom is 0.225 e. The van der Waals surface area contributed by atoms with Crippen molar-refractivity contribution < 1.29 is 9.53 Å². The van der Waals surface area contributed by atoms with E-state index in [9.17, 15) is 4.79 Å². The summed E-state index contributed by atoms with van der Waals surface area (Å²) in [6.07, 6.45) is 2.57. The number of nitrogens with zero attached hydrogens (tertiary/aromatic N) is 3. The van der Waals surface area contributed by atoms with Crippen LogP contribution in [0.2, 0.25) is 0 Å². The van der Waals surface area contributed by atoms with E-state index < -0.39 is 0 Å². The Balaban J connectivity index is 1.56. The number of hydrogen-bond acceptors (Lipinski definition) is 5. The predicted octanol–water partition coefficient (Wildman–Crippen LogP) is 2.29. The number of methoxy groups -OCH3 is 1. The third-order valence-electron chi connectivity index (χ3n) is 4.28. The first-order chi connectivity index (χ1) is 11.7. The van der Waals surface area contributed by atoms with E-state index >= 15 is 0 Å². The highest BCUT2D eigenvalue weighted by molar-refractivity contribution is 5.92. The Morgan fingerprint density at radius 2 is 2.29 bits per heavy atom. The molecule has 1 aliphatic heterocycles. The third kappa shape index (κ3) is 3.73. The molecule has 0 saturated carbocycles. The number of carbonyl (C=O) groups is 1. The molecule has 1 amide bonds. The standard InChI is InChI=1S/C17H23N5O2/c1-12-18-17(21-20-12)14-7-5-10-22(14)11-9-16(23)19-13-6-3-4-8-15(13)24-2/h3-4,6,8,14H,5,7,9-11H2,1-2H3,(H,19,23)(H,18,20,21). The number of aryl methyl sites for hydroxylation is 1. The Hall–Kier alpha value is -2.41. The summed E-state index contributed by atoms with van der Waals surface area (Å²) in [6, 6.07) is 7.63. The van der Waals surface area contributed by atoms with E-state index in [0.717, 1.165) is 31.0 Å². The van der Waals surface area contributed by atoms with Gasteiger partial charge in [-0.3, -0.25) is 14.8 Å². The van der Waals surface area contributed by atoms with Crippen molar-refractivity contribution in [2.24, 2.45) is 0 Å². The molecule has 24 heavy (non-hydrogen) atoms. The minimum atomic E-state index is -0.0173. The number of H-pyrrole nitrogens is 1. The predicted molar refractivity (Wildman–Crippen MR) is 90.9 cm³/mol. The summed E-state index contributed by atoms with van der Waals surface area (Å²) >= 11 is 0. The number of aromatic amines is 1. The number of hydrogen-bond donors (Lipinski definition) is 2. The highest BCUT2D eigenvalue weighted by Gasteiger charge is 2.29. The second-order valence-corrected chi connectivity index (χ2v) is 5.97. The largest absolute Gasteiger partial charge is 0.495 e. The monoisotopic (exact) mass is 329 g/mol. The van der Waals surface area contributed by atoms with Crippen LogP contribution in [0.3, 0.4) is 0 Å². The highest BCUT2D eigenvalue weighted by Crippen LogP contribution is 2.30. The Morgan fingerprint density at radius 3 is 3.04 bits per heavy atom. The molecule has 1 fully saturated rings. The van der Waals surface area contributed by atoms with Crippen LogP contribution in [0.1, 0.15) is 37.0 Å². The number of benzene rings is 1. The lowest BCUT2D eigenvalue weighted by molar-refractivity contribution is -0.116. The fourth-order valence-electron chi connectivity index (χ4n) is 3.10. The highest BCUT2D eigenvalue weighted by atomic mass is 16.5. The lowest BCUT2D eigenvalue weighted by Crippen LogP contribution is -2.28. The summed E-state index contributed by atoms with van der Waals surface area (Å²) in [6.45, 7) is 3.57. The van der Waals surface area contributed by atoms with Crippen LogP contribution in [0, 0.1) is 6.92 Å². The Kier molecular flexibility index (Phi) is 5.10. The van der Waals surface area contributed by atoms with Gasteiger partial charge in [0.05, 0.1) is 18.8 Å². The van der Waals surface area contributed by atoms with Gasteiger partial charge >= 0.3 is 0 Å². The normalized spacial score (nSPS) is 17.8. The molecule has 7 nitrogen and oxygen atoms in total. The summed E-state index contributed by atoms with van der Waals surface area (Å²) in [7, 11) is 1.60. The molecular formula is C17H23N5O2. The molecule has 0 aliphatic carbocycles. The topological polar surface area (TPSA) is 83.1 Å². The minimum Gasteiger partial charge on any atom is -0.495 e. The van der Waals surface area contributed by atoms with Crippen molar-refractivity contribution >= 4 is 11.6 Å². The van der Waals surface area contributed by atoms with Gasteiger partial charge in [-0.25, -0.2) is 4.98 Å². The smallest absolute Gasteiger partial charge is 0.225 e. The minimum absolute atomic E-state index is 0.0173. The second-order valence-electron chi connectivity index (χ2n) is 5.97. The number of ether oxygens (including phenoxy) is 1. The number of amides is 1. The molecule has 1 aromatic carbocycles. The molecule has 2 heterocycles. The van der Waals surface area contributed by atoms with Crippen molar-refractivity contribution in [3.63, 3.8) is 0 Å². The average molecular weight is 329 g/mol. The second kappa shape index (κ2) is 7.44. The molecule has 1 aliphatic rings. The molecule has 128 valence electrons. The molecule has 0 spiro atoms. The number of carbonyl (C=O) groups excluding carboxylic acids is 1. The van der Waals surface area contributed by atoms with Gasteiger partial charge in [0.25, 0.3) is 0 Å². The summed E-state index contributed by atoms with van der Waals surface area (Å²) in [5, 5.41) is 10.1. The van der Waals surface area contributed by atoms with E-state index in [1.807, 2.05) is 31.2 Å². The van der Waals surface area contributed by atoms with E-state index in [1.165, 1.54) is 0 Å². The van der Waals surface area contributed by atoms with Gasteiger partial charge in [0.1, 0.15) is 11.6 Å². The fourth-order valence-corrected chi connectivity index (χ4v) is 3.10. The quantitative estimate of drug-likeness (QED) is 0.849. The number of para-hydroxylation sites is 2. The number of likely N-dealkylation sites (tertiary alicyclic amines) is 1. The molecular weight excluding hydrogens is 306 g/mol. The number of anilines is 1. The molecule has 0 radical (unpaired) electrons. The van der Waals surface area contributed by atoms with Gasteiger partial charge in [-0.15, -0.1) is 0 Å². The van der Waals surface area contributed by atoms with E-state index in [1.54, 1.807) is 7.11 Å². The van der Waals surface area contributed by atoms with Crippen LogP contribution in [-0.4, -0.2) is 46.2 Å². The van der Waals surface area contributed by atoms with Crippen LogP contribution in [0.4, 0.5) is 5.69 Å². The molecule has 1 unspecified atom stereocenters. The fraction of sp³-hybridized carbons (Fsp3) is 0.471. The molecule has 1 aromatic heterocycles. The molecule has 7 heteroatoms. The third-order valence-corrected chi connectivity index (χ3v) is 4.28. The summed E-state index contributed by atoms with van der Waals surface area (Å²) in [5.74, 6) is 2.30. The van der Waals surface area contributed by atoms with Crippen LogP contribution < -0.4 is 10.1 Å². The maximum absolute atomic E-state index is 12.3.